The molecule has 1 aliphatic rings. The number of morpholine rings is 1. The fraction of sp³-hybridized carbons (Fsp3) is 0.381. The fourth-order valence-electron chi connectivity index (χ4n) is 3.21. The minimum atomic E-state index is -3.53. The molecule has 1 heterocycles. The molecule has 3 rings (SSSR count). The van der Waals surface area contributed by atoms with Crippen LogP contribution in [0.25, 0.3) is 0 Å². The van der Waals surface area contributed by atoms with Crippen LogP contribution in [0.15, 0.2) is 48.5 Å². The maximum Gasteiger partial charge on any atom is 0.251 e. The number of nitrogens with one attached hydrogen (secondary N) is 1. The Hall–Kier alpha value is -2.13. The van der Waals surface area contributed by atoms with E-state index in [0.29, 0.717) is 28.4 Å². The Bertz CT molecular complexity index is 960. The molecule has 0 spiro atoms. The molecule has 0 saturated carbocycles. The molecule has 0 aliphatic carbocycles. The Kier molecular flexibility index (Phi) is 7.71. The summed E-state index contributed by atoms with van der Waals surface area (Å²) >= 11 is 6.19. The van der Waals surface area contributed by atoms with E-state index < -0.39 is 10.0 Å². The molecule has 7 nitrogen and oxygen atoms in total. The molecule has 162 valence electrons. The van der Waals surface area contributed by atoms with Crippen LogP contribution >= 0.6 is 11.6 Å². The van der Waals surface area contributed by atoms with Gasteiger partial charge in [0.2, 0.25) is 10.0 Å². The summed E-state index contributed by atoms with van der Waals surface area (Å²) in [6.45, 7) is 4.62. The number of hydrogen-bond donors (Lipinski definition) is 1. The van der Waals surface area contributed by atoms with E-state index in [4.69, 9.17) is 16.3 Å². The molecule has 9 heteroatoms. The quantitative estimate of drug-likeness (QED) is 0.666. The number of amides is 1. The first-order valence-corrected chi connectivity index (χ1v) is 12.0. The number of rotatable bonds is 8. The van der Waals surface area contributed by atoms with Gasteiger partial charge in [-0.1, -0.05) is 29.8 Å². The average Bonchev–Trinajstić information content (AvgIpc) is 2.73. The molecule has 1 saturated heterocycles. The predicted molar refractivity (Wildman–Crippen MR) is 119 cm³/mol. The van der Waals surface area contributed by atoms with Crippen molar-refractivity contribution in [2.45, 2.75) is 6.54 Å². The molecular weight excluding hydrogens is 426 g/mol. The van der Waals surface area contributed by atoms with Crippen LogP contribution in [-0.2, 0) is 21.3 Å². The lowest BCUT2D eigenvalue weighted by molar-refractivity contribution is 0.0383. The van der Waals surface area contributed by atoms with Crippen molar-refractivity contribution < 1.29 is 17.9 Å². The Morgan fingerprint density at radius 2 is 1.80 bits per heavy atom. The van der Waals surface area contributed by atoms with Crippen molar-refractivity contribution in [3.8, 4) is 0 Å². The normalized spacial score (nSPS) is 15.0. The molecule has 1 N–H and O–H groups in total. The molecule has 0 bridgehead atoms. The molecule has 1 amide bonds. The Balaban J connectivity index is 1.64. The van der Waals surface area contributed by atoms with E-state index in [2.05, 4.69) is 10.2 Å². The number of nitrogens with zero attached hydrogens (tertiary/aromatic N) is 2. The van der Waals surface area contributed by atoms with Crippen molar-refractivity contribution in [3.63, 3.8) is 0 Å². The van der Waals surface area contributed by atoms with E-state index in [1.165, 1.54) is 4.31 Å². The van der Waals surface area contributed by atoms with E-state index in [0.717, 1.165) is 39.1 Å². The van der Waals surface area contributed by atoms with E-state index in [1.54, 1.807) is 42.5 Å². The van der Waals surface area contributed by atoms with Gasteiger partial charge in [0.05, 0.1) is 31.7 Å². The molecule has 0 aromatic heterocycles. The number of hydrogen-bond acceptors (Lipinski definition) is 5. The number of halogens is 1. The topological polar surface area (TPSA) is 79.0 Å². The first-order chi connectivity index (χ1) is 14.3. The van der Waals surface area contributed by atoms with Crippen LogP contribution in [0.3, 0.4) is 0 Å². The van der Waals surface area contributed by atoms with Gasteiger partial charge in [0.25, 0.3) is 5.91 Å². The third kappa shape index (κ3) is 6.18. The number of ether oxygens (including phenoxy) is 1. The second kappa shape index (κ2) is 10.3. The molecule has 0 unspecified atom stereocenters. The second-order valence-electron chi connectivity index (χ2n) is 7.12. The van der Waals surface area contributed by atoms with Crippen LogP contribution in [0, 0.1) is 0 Å². The molecule has 2 aromatic rings. The Morgan fingerprint density at radius 1 is 1.13 bits per heavy atom. The summed E-state index contributed by atoms with van der Waals surface area (Å²) in [7, 11) is -3.53. The zero-order valence-corrected chi connectivity index (χ0v) is 18.5. The second-order valence-corrected chi connectivity index (χ2v) is 9.43. The summed E-state index contributed by atoms with van der Waals surface area (Å²) in [4.78, 5) is 14.6. The van der Waals surface area contributed by atoms with Crippen molar-refractivity contribution in [2.24, 2.45) is 0 Å². The zero-order valence-electron chi connectivity index (χ0n) is 16.9. The highest BCUT2D eigenvalue weighted by atomic mass is 35.5. The monoisotopic (exact) mass is 451 g/mol. The number of anilines is 1. The third-order valence-electron chi connectivity index (χ3n) is 4.91. The van der Waals surface area contributed by atoms with Crippen LogP contribution in [-0.4, -0.2) is 64.9 Å². The van der Waals surface area contributed by atoms with E-state index in [9.17, 15) is 13.2 Å². The first-order valence-electron chi connectivity index (χ1n) is 9.74. The lowest BCUT2D eigenvalue weighted by atomic mass is 10.1. The maximum absolute atomic E-state index is 12.4. The summed E-state index contributed by atoms with van der Waals surface area (Å²) in [5.74, 6) is -0.188. The molecular formula is C21H26ClN3O4S. The molecule has 1 aliphatic heterocycles. The highest BCUT2D eigenvalue weighted by Crippen LogP contribution is 2.24. The maximum atomic E-state index is 12.4. The van der Waals surface area contributed by atoms with Crippen LogP contribution < -0.4 is 9.62 Å². The molecule has 0 atom stereocenters. The Morgan fingerprint density at radius 3 is 2.43 bits per heavy atom. The summed E-state index contributed by atoms with van der Waals surface area (Å²) in [5, 5.41) is 3.40. The highest BCUT2D eigenvalue weighted by Gasteiger charge is 2.19. The van der Waals surface area contributed by atoms with E-state index >= 15 is 0 Å². The predicted octanol–water partition coefficient (Wildman–Crippen LogP) is 2.37. The van der Waals surface area contributed by atoms with Gasteiger partial charge in [0, 0.05) is 36.8 Å². The van der Waals surface area contributed by atoms with E-state index in [1.807, 2.05) is 6.07 Å². The van der Waals surface area contributed by atoms with Crippen molar-refractivity contribution in [1.82, 2.24) is 10.2 Å². The number of carbonyl (C=O) groups is 1. The summed E-state index contributed by atoms with van der Waals surface area (Å²) in [5.41, 5.74) is 1.66. The van der Waals surface area contributed by atoms with E-state index in [-0.39, 0.29) is 12.5 Å². The van der Waals surface area contributed by atoms with Gasteiger partial charge in [0.15, 0.2) is 0 Å². The lowest BCUT2D eigenvalue weighted by Crippen LogP contribution is -2.41. The van der Waals surface area contributed by atoms with Gasteiger partial charge in [-0.25, -0.2) is 8.42 Å². The Labute approximate surface area is 182 Å². The lowest BCUT2D eigenvalue weighted by Gasteiger charge is -2.26. The SMILES string of the molecule is CS(=O)(=O)N(Cc1ccccc1Cl)c1ccc(C(=O)NCCN2CCOCC2)cc1. The van der Waals surface area contributed by atoms with Crippen molar-refractivity contribution in [3.05, 3.63) is 64.7 Å². The van der Waals surface area contributed by atoms with Crippen LogP contribution in [0.4, 0.5) is 5.69 Å². The largest absolute Gasteiger partial charge is 0.379 e. The molecule has 0 radical (unpaired) electrons. The molecule has 1 fully saturated rings. The van der Waals surface area contributed by atoms with Gasteiger partial charge in [-0.15, -0.1) is 0 Å². The minimum absolute atomic E-state index is 0.115. The zero-order chi connectivity index (χ0) is 21.6. The van der Waals surface area contributed by atoms with Gasteiger partial charge in [-0.2, -0.15) is 0 Å². The summed E-state index contributed by atoms with van der Waals surface area (Å²) < 4.78 is 31.3. The van der Waals surface area contributed by atoms with Gasteiger partial charge < -0.3 is 10.1 Å². The van der Waals surface area contributed by atoms with Crippen molar-refractivity contribution in [1.29, 1.82) is 0 Å². The van der Waals surface area contributed by atoms with Gasteiger partial charge >= 0.3 is 0 Å². The minimum Gasteiger partial charge on any atom is -0.379 e. The van der Waals surface area contributed by atoms with Crippen LogP contribution in [0.1, 0.15) is 15.9 Å². The van der Waals surface area contributed by atoms with Crippen molar-refractivity contribution >= 4 is 33.2 Å². The smallest absolute Gasteiger partial charge is 0.251 e. The fourth-order valence-corrected chi connectivity index (χ4v) is 4.29. The average molecular weight is 452 g/mol. The summed E-state index contributed by atoms with van der Waals surface area (Å²) in [6.07, 6.45) is 1.15. The van der Waals surface area contributed by atoms with Crippen LogP contribution in [0.2, 0.25) is 5.02 Å². The summed E-state index contributed by atoms with van der Waals surface area (Å²) in [6, 6.07) is 13.6. The highest BCUT2D eigenvalue weighted by molar-refractivity contribution is 7.92. The molecule has 2 aromatic carbocycles. The van der Waals surface area contributed by atoms with Gasteiger partial charge in [0.1, 0.15) is 0 Å². The first kappa shape index (κ1) is 22.6. The van der Waals surface area contributed by atoms with Crippen LogP contribution in [0.5, 0.6) is 0 Å². The third-order valence-corrected chi connectivity index (χ3v) is 6.42. The van der Waals surface area contributed by atoms with Gasteiger partial charge in [-0.3, -0.25) is 14.0 Å². The number of sulfonamides is 1. The number of benzene rings is 2. The van der Waals surface area contributed by atoms with Gasteiger partial charge in [-0.05, 0) is 35.9 Å². The van der Waals surface area contributed by atoms with Crippen molar-refractivity contribution in [2.75, 3.05) is 50.0 Å². The molecule has 30 heavy (non-hydrogen) atoms. The standard InChI is InChI=1S/C21H26ClN3O4S/c1-30(27,28)25(16-18-4-2-3-5-20(18)22)19-8-6-17(7-9-19)21(26)23-10-11-24-12-14-29-15-13-24/h2-9H,10-16H2,1H3,(H,23,26). The number of carbonyl (C=O) groups excluding carboxylic acids is 1.